The van der Waals surface area contributed by atoms with Gasteiger partial charge < -0.3 is 0 Å². The van der Waals surface area contributed by atoms with Crippen LogP contribution in [0.2, 0.25) is 0 Å². The van der Waals surface area contributed by atoms with Crippen molar-refractivity contribution in [2.45, 2.75) is 0 Å². The van der Waals surface area contributed by atoms with Crippen molar-refractivity contribution in [2.24, 2.45) is 0 Å². The quantitative estimate of drug-likeness (QED) is 0.453. The number of hydrogen-bond acceptors (Lipinski definition) is 1. The SMILES string of the molecule is CS[CH]=[Fe]. The van der Waals surface area contributed by atoms with Gasteiger partial charge in [0.25, 0.3) is 0 Å². The van der Waals surface area contributed by atoms with Crippen molar-refractivity contribution in [1.82, 2.24) is 0 Å². The van der Waals surface area contributed by atoms with Crippen molar-refractivity contribution in [3.05, 3.63) is 0 Å². The van der Waals surface area contributed by atoms with E-state index in [1.807, 2.05) is 6.26 Å². The Morgan fingerprint density at radius 3 is 2.25 bits per heavy atom. The van der Waals surface area contributed by atoms with Gasteiger partial charge >= 0.3 is 37.8 Å². The van der Waals surface area contributed by atoms with Crippen LogP contribution in [0.15, 0.2) is 0 Å². The predicted octanol–water partition coefficient (Wildman–Crippen LogP) is 0.656. The Hall–Kier alpha value is 0.739. The first-order valence-corrected chi connectivity index (χ1v) is 2.77. The minimum absolute atomic E-state index is 1.62. The molecule has 0 fully saturated rings. The van der Waals surface area contributed by atoms with Crippen molar-refractivity contribution in [3.8, 4) is 0 Å². The molecule has 0 aromatic rings. The molecule has 0 aliphatic carbocycles. The molecule has 0 radical (unpaired) electrons. The summed E-state index contributed by atoms with van der Waals surface area (Å²) in [5.41, 5.74) is 0. The molecular weight excluding hydrogens is 112 g/mol. The van der Waals surface area contributed by atoms with Gasteiger partial charge in [-0.1, -0.05) is 0 Å². The Morgan fingerprint density at radius 2 is 2.25 bits per heavy atom. The maximum absolute atomic E-state index is 3.44. The van der Waals surface area contributed by atoms with Crippen LogP contribution in [-0.2, 0) is 15.6 Å². The molecule has 0 aromatic heterocycles. The molecule has 0 bridgehead atoms. The Bertz CT molecular complexity index is 20.0. The normalized spacial score (nSPS) is 6.50. The first-order valence-electron chi connectivity index (χ1n) is 0.848. The molecule has 2 heteroatoms. The van der Waals surface area contributed by atoms with E-state index in [4.69, 9.17) is 0 Å². The third-order valence-electron chi connectivity index (χ3n) is 0.0833. The van der Waals surface area contributed by atoms with Gasteiger partial charge in [-0.15, -0.1) is 0 Å². The summed E-state index contributed by atoms with van der Waals surface area (Å²) in [6.45, 7) is 0. The second-order valence-corrected chi connectivity index (χ2v) is 1.74. The summed E-state index contributed by atoms with van der Waals surface area (Å²) in [5, 5.41) is 0. The van der Waals surface area contributed by atoms with E-state index in [9.17, 15) is 0 Å². The Balaban J connectivity index is 2.30. The van der Waals surface area contributed by atoms with Crippen LogP contribution in [0.1, 0.15) is 0 Å². The van der Waals surface area contributed by atoms with Crippen molar-refractivity contribution < 1.29 is 15.6 Å². The Kier molecular flexibility index (Phi) is 4.43. The molecule has 0 amide bonds. The molecule has 0 rings (SSSR count). The molecule has 0 N–H and O–H groups in total. The zero-order valence-electron chi connectivity index (χ0n) is 2.34. The van der Waals surface area contributed by atoms with Crippen molar-refractivity contribution in [2.75, 3.05) is 6.26 Å². The van der Waals surface area contributed by atoms with E-state index < -0.39 is 0 Å². The maximum atomic E-state index is 3.44. The third kappa shape index (κ3) is 2.74. The summed E-state index contributed by atoms with van der Waals surface area (Å²) in [7, 11) is 0. The molecule has 26 valence electrons. The van der Waals surface area contributed by atoms with Gasteiger partial charge in [-0.05, 0) is 0 Å². The molecule has 0 aliphatic heterocycles. The molecule has 0 heterocycles. The zero-order chi connectivity index (χ0) is 3.41. The molecule has 4 heavy (non-hydrogen) atoms. The van der Waals surface area contributed by atoms with E-state index in [0.29, 0.717) is 0 Å². The second kappa shape index (κ2) is 3.74. The Morgan fingerprint density at radius 1 is 2.00 bits per heavy atom. The number of thioether (sulfide) groups is 1. The average Bonchev–Trinajstić information content (AvgIpc) is 1.37. The van der Waals surface area contributed by atoms with Crippen molar-refractivity contribution in [1.29, 1.82) is 0 Å². The fraction of sp³-hybridized carbons (Fsp3) is 0.500. The van der Waals surface area contributed by atoms with E-state index in [1.54, 1.807) is 16.0 Å². The second-order valence-electron chi connectivity index (χ2n) is 0.319. The molecule has 0 nitrogen and oxygen atoms in total. The molecule has 0 unspecified atom stereocenters. The molecule has 0 aromatic carbocycles. The van der Waals surface area contributed by atoms with Crippen molar-refractivity contribution in [3.63, 3.8) is 0 Å². The van der Waals surface area contributed by atoms with Gasteiger partial charge in [-0.25, -0.2) is 0 Å². The van der Waals surface area contributed by atoms with Crippen LogP contribution in [0.5, 0.6) is 0 Å². The van der Waals surface area contributed by atoms with Crippen LogP contribution < -0.4 is 0 Å². The van der Waals surface area contributed by atoms with Crippen LogP contribution in [0.25, 0.3) is 0 Å². The van der Waals surface area contributed by atoms with Crippen LogP contribution in [0, 0.1) is 0 Å². The molecule has 0 spiro atoms. The number of hydrogen-bond donors (Lipinski definition) is 0. The van der Waals surface area contributed by atoms with E-state index in [1.165, 1.54) is 0 Å². The molecule has 0 aliphatic rings. The third-order valence-corrected chi connectivity index (χ3v) is 1.03. The standard InChI is InChI=1S/C2H4S.Fe/c1-3-2;/h1H,2H3;. The van der Waals surface area contributed by atoms with E-state index in [0.717, 1.165) is 0 Å². The van der Waals surface area contributed by atoms with Gasteiger partial charge in [0.15, 0.2) is 0 Å². The average molecular weight is 116 g/mol. The van der Waals surface area contributed by atoms with Crippen LogP contribution in [0.3, 0.4) is 0 Å². The van der Waals surface area contributed by atoms with Gasteiger partial charge in [0.1, 0.15) is 0 Å². The van der Waals surface area contributed by atoms with Crippen LogP contribution >= 0.6 is 11.8 Å². The van der Waals surface area contributed by atoms with Gasteiger partial charge in [0.2, 0.25) is 0 Å². The summed E-state index contributed by atoms with van der Waals surface area (Å²) >= 11 is 5.06. The summed E-state index contributed by atoms with van der Waals surface area (Å²) in [6, 6.07) is 0. The van der Waals surface area contributed by atoms with E-state index >= 15 is 0 Å². The minimum atomic E-state index is 1.62. The fourth-order valence-electron chi connectivity index (χ4n) is 0. The molecule has 0 atom stereocenters. The van der Waals surface area contributed by atoms with Crippen molar-refractivity contribution >= 4 is 16.0 Å². The summed E-state index contributed by atoms with van der Waals surface area (Å²) < 4.78 is 1.79. The monoisotopic (exact) mass is 116 g/mol. The number of rotatable bonds is 1. The topological polar surface area (TPSA) is 0 Å². The molecule has 0 saturated heterocycles. The van der Waals surface area contributed by atoms with Crippen LogP contribution in [0.4, 0.5) is 0 Å². The first kappa shape index (κ1) is 4.74. The van der Waals surface area contributed by atoms with Gasteiger partial charge in [-0.3, -0.25) is 0 Å². The van der Waals surface area contributed by atoms with E-state index in [2.05, 4.69) is 15.6 Å². The van der Waals surface area contributed by atoms with Gasteiger partial charge in [-0.2, -0.15) is 0 Å². The fourth-order valence-corrected chi connectivity index (χ4v) is 0. The predicted molar refractivity (Wildman–Crippen MR) is 19.6 cm³/mol. The Labute approximate surface area is 38.3 Å². The zero-order valence-corrected chi connectivity index (χ0v) is 4.26. The molecular formula is C2H4FeS. The van der Waals surface area contributed by atoms with E-state index in [-0.39, 0.29) is 0 Å². The van der Waals surface area contributed by atoms with Gasteiger partial charge in [0, 0.05) is 0 Å². The summed E-state index contributed by atoms with van der Waals surface area (Å²) in [4.78, 5) is 0. The summed E-state index contributed by atoms with van der Waals surface area (Å²) in [6.07, 6.45) is 1.98. The molecule has 0 saturated carbocycles. The first-order chi connectivity index (χ1) is 1.91. The van der Waals surface area contributed by atoms with Gasteiger partial charge in [0.05, 0.1) is 0 Å². The summed E-state index contributed by atoms with van der Waals surface area (Å²) in [5.74, 6) is 0. The van der Waals surface area contributed by atoms with Crippen LogP contribution in [-0.4, -0.2) is 10.5 Å².